The lowest BCUT2D eigenvalue weighted by Gasteiger charge is -2.16. The third-order valence-electron chi connectivity index (χ3n) is 3.76. The van der Waals surface area contributed by atoms with Crippen molar-refractivity contribution >= 4 is 15.9 Å². The van der Waals surface area contributed by atoms with E-state index in [0.717, 1.165) is 28.6 Å². The van der Waals surface area contributed by atoms with Crippen LogP contribution in [0.3, 0.4) is 0 Å². The minimum Gasteiger partial charge on any atom is -0.369 e. The van der Waals surface area contributed by atoms with Crippen LogP contribution in [0.5, 0.6) is 0 Å². The number of benzene rings is 1. The molecule has 0 radical (unpaired) electrons. The average molecular weight is 336 g/mol. The molecule has 1 fully saturated rings. The van der Waals surface area contributed by atoms with Crippen LogP contribution in [-0.2, 0) is 21.0 Å². The molecule has 1 saturated heterocycles. The van der Waals surface area contributed by atoms with Crippen molar-refractivity contribution in [1.29, 1.82) is 0 Å². The third-order valence-corrected chi connectivity index (χ3v) is 5.61. The lowest BCUT2D eigenvalue weighted by Crippen LogP contribution is -2.32. The molecule has 1 heterocycles. The van der Waals surface area contributed by atoms with Gasteiger partial charge in [-0.3, -0.25) is 4.79 Å². The molecular weight excluding hydrogens is 321 g/mol. The quantitative estimate of drug-likeness (QED) is 0.907. The van der Waals surface area contributed by atoms with Crippen molar-refractivity contribution in [2.45, 2.75) is 18.0 Å². The Hall–Kier alpha value is -1.61. The number of nitrogens with zero attached hydrogens (tertiary/aromatic N) is 1. The van der Waals surface area contributed by atoms with E-state index in [0.29, 0.717) is 0 Å². The number of alkyl halides is 3. The summed E-state index contributed by atoms with van der Waals surface area (Å²) in [5.74, 6) is -1.41. The smallest absolute Gasteiger partial charge is 0.369 e. The third kappa shape index (κ3) is 3.09. The van der Waals surface area contributed by atoms with Crippen molar-refractivity contribution in [3.8, 4) is 0 Å². The SMILES string of the molecule is C[C@@H]1CN(S(=O)(=O)c2ccc(C(F)(F)F)cc2)C[C@H]1C(N)=O. The van der Waals surface area contributed by atoms with E-state index in [1.165, 1.54) is 0 Å². The molecule has 2 rings (SSSR count). The number of amides is 1. The highest BCUT2D eigenvalue weighted by Gasteiger charge is 2.40. The van der Waals surface area contributed by atoms with E-state index in [1.54, 1.807) is 6.92 Å². The molecule has 0 bridgehead atoms. The zero-order chi connectivity index (χ0) is 16.7. The van der Waals surface area contributed by atoms with Crippen molar-refractivity contribution in [2.75, 3.05) is 13.1 Å². The summed E-state index contributed by atoms with van der Waals surface area (Å²) in [7, 11) is -3.94. The van der Waals surface area contributed by atoms with Crippen LogP contribution in [0.2, 0.25) is 0 Å². The van der Waals surface area contributed by atoms with Crippen molar-refractivity contribution in [2.24, 2.45) is 17.6 Å². The van der Waals surface area contributed by atoms with Gasteiger partial charge >= 0.3 is 6.18 Å². The van der Waals surface area contributed by atoms with Gasteiger partial charge in [0.15, 0.2) is 0 Å². The maximum absolute atomic E-state index is 12.5. The molecule has 122 valence electrons. The Labute approximate surface area is 125 Å². The molecule has 0 aliphatic carbocycles. The molecule has 0 spiro atoms. The second-order valence-electron chi connectivity index (χ2n) is 5.33. The minimum atomic E-state index is -4.53. The molecule has 0 saturated carbocycles. The Kier molecular flexibility index (Phi) is 4.22. The van der Waals surface area contributed by atoms with Gasteiger partial charge in [-0.1, -0.05) is 6.92 Å². The molecular formula is C13H15F3N2O3S. The van der Waals surface area contributed by atoms with Gasteiger partial charge < -0.3 is 5.73 Å². The molecule has 1 amide bonds. The molecule has 1 aromatic carbocycles. The zero-order valence-electron chi connectivity index (χ0n) is 11.7. The number of carbonyl (C=O) groups is 1. The Morgan fingerprint density at radius 1 is 1.23 bits per heavy atom. The summed E-state index contributed by atoms with van der Waals surface area (Å²) >= 11 is 0. The Bertz CT molecular complexity index is 671. The van der Waals surface area contributed by atoms with Gasteiger partial charge in [-0.2, -0.15) is 17.5 Å². The monoisotopic (exact) mass is 336 g/mol. The van der Waals surface area contributed by atoms with Crippen LogP contribution in [-0.4, -0.2) is 31.7 Å². The summed E-state index contributed by atoms with van der Waals surface area (Å²) in [6, 6.07) is 3.27. The Balaban J connectivity index is 2.26. The van der Waals surface area contributed by atoms with Crippen LogP contribution in [0.15, 0.2) is 29.2 Å². The van der Waals surface area contributed by atoms with Gasteiger partial charge in [0.2, 0.25) is 15.9 Å². The highest BCUT2D eigenvalue weighted by atomic mass is 32.2. The second kappa shape index (κ2) is 5.54. The van der Waals surface area contributed by atoms with Crippen LogP contribution in [0.25, 0.3) is 0 Å². The van der Waals surface area contributed by atoms with Gasteiger partial charge in [0.25, 0.3) is 0 Å². The van der Waals surface area contributed by atoms with E-state index in [2.05, 4.69) is 0 Å². The first-order valence-electron chi connectivity index (χ1n) is 6.50. The standard InChI is InChI=1S/C13H15F3N2O3S/c1-8-6-18(7-11(8)12(17)19)22(20,21)10-4-2-9(3-5-10)13(14,15)16/h2-5,8,11H,6-7H2,1H3,(H2,17,19)/t8-,11-/m1/s1. The van der Waals surface area contributed by atoms with Gasteiger partial charge in [-0.25, -0.2) is 8.42 Å². The van der Waals surface area contributed by atoms with Gasteiger partial charge in [-0.05, 0) is 30.2 Å². The van der Waals surface area contributed by atoms with Crippen LogP contribution in [0, 0.1) is 11.8 Å². The van der Waals surface area contributed by atoms with Gasteiger partial charge in [0, 0.05) is 13.1 Å². The highest BCUT2D eigenvalue weighted by Crippen LogP contribution is 2.32. The zero-order valence-corrected chi connectivity index (χ0v) is 12.5. The van der Waals surface area contributed by atoms with Crippen LogP contribution >= 0.6 is 0 Å². The summed E-state index contributed by atoms with van der Waals surface area (Å²) in [6.07, 6.45) is -4.53. The summed E-state index contributed by atoms with van der Waals surface area (Å²) in [5.41, 5.74) is 4.29. The summed E-state index contributed by atoms with van der Waals surface area (Å²) in [6.45, 7) is 1.76. The maximum Gasteiger partial charge on any atom is 0.416 e. The van der Waals surface area contributed by atoms with Crippen LogP contribution < -0.4 is 5.73 Å². The number of primary amides is 1. The number of rotatable bonds is 3. The van der Waals surface area contributed by atoms with Crippen LogP contribution in [0.1, 0.15) is 12.5 Å². The number of nitrogens with two attached hydrogens (primary N) is 1. The van der Waals surface area contributed by atoms with E-state index in [1.807, 2.05) is 0 Å². The fourth-order valence-electron chi connectivity index (χ4n) is 2.45. The lowest BCUT2D eigenvalue weighted by molar-refractivity contribution is -0.137. The Morgan fingerprint density at radius 3 is 2.18 bits per heavy atom. The van der Waals surface area contributed by atoms with Gasteiger partial charge in [0.05, 0.1) is 16.4 Å². The first-order chi connectivity index (χ1) is 10.0. The minimum absolute atomic E-state index is 0.0557. The van der Waals surface area contributed by atoms with E-state index >= 15 is 0 Å². The van der Waals surface area contributed by atoms with Crippen molar-refractivity contribution in [3.63, 3.8) is 0 Å². The molecule has 1 aliphatic rings. The first kappa shape index (κ1) is 16.8. The molecule has 0 unspecified atom stereocenters. The predicted molar refractivity (Wildman–Crippen MR) is 72.1 cm³/mol. The number of hydrogen-bond acceptors (Lipinski definition) is 3. The molecule has 0 aromatic heterocycles. The summed E-state index contributed by atoms with van der Waals surface area (Å²) < 4.78 is 63.4. The molecule has 22 heavy (non-hydrogen) atoms. The second-order valence-corrected chi connectivity index (χ2v) is 7.27. The fraction of sp³-hybridized carbons (Fsp3) is 0.462. The fourth-order valence-corrected chi connectivity index (χ4v) is 4.02. The van der Waals surface area contributed by atoms with E-state index < -0.39 is 33.6 Å². The van der Waals surface area contributed by atoms with Crippen molar-refractivity contribution < 1.29 is 26.4 Å². The molecule has 9 heteroatoms. The number of sulfonamides is 1. The van der Waals surface area contributed by atoms with E-state index in [4.69, 9.17) is 5.73 Å². The average Bonchev–Trinajstić information content (AvgIpc) is 2.81. The van der Waals surface area contributed by atoms with E-state index in [9.17, 15) is 26.4 Å². The Morgan fingerprint density at radius 2 is 1.77 bits per heavy atom. The number of hydrogen-bond donors (Lipinski definition) is 1. The van der Waals surface area contributed by atoms with Gasteiger partial charge in [-0.15, -0.1) is 0 Å². The topological polar surface area (TPSA) is 80.5 Å². The number of halogens is 3. The first-order valence-corrected chi connectivity index (χ1v) is 7.94. The highest BCUT2D eigenvalue weighted by molar-refractivity contribution is 7.89. The lowest BCUT2D eigenvalue weighted by atomic mass is 9.98. The number of carbonyl (C=O) groups excluding carboxylic acids is 1. The molecule has 2 atom stereocenters. The molecule has 2 N–H and O–H groups in total. The van der Waals surface area contributed by atoms with Gasteiger partial charge in [0.1, 0.15) is 0 Å². The maximum atomic E-state index is 12.5. The largest absolute Gasteiger partial charge is 0.416 e. The van der Waals surface area contributed by atoms with Crippen molar-refractivity contribution in [1.82, 2.24) is 4.31 Å². The summed E-state index contributed by atoms with van der Waals surface area (Å²) in [4.78, 5) is 11.0. The predicted octanol–water partition coefficient (Wildman–Crippen LogP) is 1.45. The summed E-state index contributed by atoms with van der Waals surface area (Å²) in [5, 5.41) is 0. The molecule has 1 aliphatic heterocycles. The van der Waals surface area contributed by atoms with Crippen molar-refractivity contribution in [3.05, 3.63) is 29.8 Å². The molecule has 1 aromatic rings. The van der Waals surface area contributed by atoms with Crippen LogP contribution in [0.4, 0.5) is 13.2 Å². The normalized spacial score (nSPS) is 23.6. The molecule has 5 nitrogen and oxygen atoms in total. The van der Waals surface area contributed by atoms with E-state index in [-0.39, 0.29) is 23.9 Å².